The average molecular weight is 935 g/mol. The van der Waals surface area contributed by atoms with Crippen molar-refractivity contribution in [1.29, 1.82) is 0 Å². The molecular formula is C48H52F2N2O13S. The van der Waals surface area contributed by atoms with E-state index in [-0.39, 0.29) is 68.7 Å². The summed E-state index contributed by atoms with van der Waals surface area (Å²) in [6.07, 6.45) is 2.17. The molecule has 9 rings (SSSR count). The highest BCUT2D eigenvalue weighted by Crippen LogP contribution is 2.75. The monoisotopic (exact) mass is 934 g/mol. The van der Waals surface area contributed by atoms with Gasteiger partial charge in [-0.05, 0) is 73.7 Å². The maximum absolute atomic E-state index is 17.5. The summed E-state index contributed by atoms with van der Waals surface area (Å²) in [5.41, 5.74) is -5.02. The van der Waals surface area contributed by atoms with E-state index in [2.05, 4.69) is 5.32 Å². The molecule has 18 heteroatoms. The number of carbonyl (C=O) groups is 5. The fraction of sp³-hybridized carbons (Fsp3) is 0.521. The Labute approximate surface area is 384 Å². The molecule has 66 heavy (non-hydrogen) atoms. The van der Waals surface area contributed by atoms with Gasteiger partial charge in [0.25, 0.3) is 11.8 Å². The van der Waals surface area contributed by atoms with Crippen LogP contribution in [0, 0.1) is 17.3 Å². The molecule has 3 heterocycles. The first-order valence-electron chi connectivity index (χ1n) is 22.3. The number of carbonyl (C=O) groups excluding carboxylic acids is 5. The lowest BCUT2D eigenvalue weighted by Crippen LogP contribution is -2.82. The number of hydrogen-bond acceptors (Lipinski definition) is 14. The minimum absolute atomic E-state index is 0.0182. The van der Waals surface area contributed by atoms with Crippen molar-refractivity contribution in [3.8, 4) is 0 Å². The molecule has 352 valence electrons. The van der Waals surface area contributed by atoms with Gasteiger partial charge in [-0.15, -0.1) is 0 Å². The third kappa shape index (κ3) is 8.11. The molecule has 10 atom stereocenters. The molecule has 4 aliphatic carbocycles. The average Bonchev–Trinajstić information content (AvgIpc) is 3.93. The molecule has 3 amide bonds. The van der Waals surface area contributed by atoms with Gasteiger partial charge in [0.1, 0.15) is 18.4 Å². The van der Waals surface area contributed by atoms with Gasteiger partial charge < -0.3 is 43.6 Å². The number of amides is 3. The van der Waals surface area contributed by atoms with Crippen molar-refractivity contribution in [2.45, 2.75) is 83.9 Å². The number of aliphatic hydroxyl groups excluding tert-OH is 1. The molecule has 0 bridgehead atoms. The van der Waals surface area contributed by atoms with E-state index < -0.39 is 77.0 Å². The van der Waals surface area contributed by atoms with E-state index >= 15 is 8.78 Å². The zero-order chi connectivity index (χ0) is 46.3. The van der Waals surface area contributed by atoms with Gasteiger partial charge in [0.15, 0.2) is 29.1 Å². The van der Waals surface area contributed by atoms with Gasteiger partial charge in [0.2, 0.25) is 5.91 Å². The predicted octanol–water partition coefficient (Wildman–Crippen LogP) is 4.57. The highest BCUT2D eigenvalue weighted by molar-refractivity contribution is 7.99. The number of aliphatic hydroxyl groups is 1. The number of nitrogens with zero attached hydrogens (tertiary/aromatic N) is 1. The number of alkyl halides is 2. The molecular weight excluding hydrogens is 883 g/mol. The molecule has 0 aromatic heterocycles. The number of rotatable bonds is 21. The van der Waals surface area contributed by atoms with Crippen molar-refractivity contribution in [2.24, 2.45) is 17.3 Å². The van der Waals surface area contributed by atoms with Crippen LogP contribution in [0.25, 0.3) is 0 Å². The fourth-order valence-electron chi connectivity index (χ4n) is 11.2. The van der Waals surface area contributed by atoms with Crippen LogP contribution >= 0.6 is 11.8 Å². The second-order valence-corrected chi connectivity index (χ2v) is 18.9. The van der Waals surface area contributed by atoms with E-state index in [1.165, 1.54) is 36.1 Å². The molecule has 7 aliphatic rings. The SMILES string of the molecule is C[C@]12C[C@@H]3O[C@]45C=CC(=O)C=C4[C@@H](F)CC([C@@H]1C[C@H]1O[C@@H](c4ccc(Sc6cccc(NC(=O)CCOCCOCCOCCOCCN7C(=O)C=CC7=O)c6)cc4)O[C@]12C(=O)CO)[C@]35F. The number of anilines is 1. The van der Waals surface area contributed by atoms with Crippen molar-refractivity contribution in [3.05, 3.63) is 90.0 Å². The number of fused-ring (bicyclic) bond motifs is 4. The summed E-state index contributed by atoms with van der Waals surface area (Å²) < 4.78 is 74.6. The molecule has 2 saturated heterocycles. The predicted molar refractivity (Wildman–Crippen MR) is 230 cm³/mol. The van der Waals surface area contributed by atoms with E-state index in [0.717, 1.165) is 20.8 Å². The Morgan fingerprint density at radius 1 is 0.848 bits per heavy atom. The second-order valence-electron chi connectivity index (χ2n) is 17.7. The van der Waals surface area contributed by atoms with Crippen LogP contribution in [-0.4, -0.2) is 141 Å². The third-order valence-corrected chi connectivity index (χ3v) is 15.2. The molecule has 3 saturated carbocycles. The highest BCUT2D eigenvalue weighted by atomic mass is 32.2. The third-order valence-electron chi connectivity index (χ3n) is 14.2. The van der Waals surface area contributed by atoms with Crippen molar-refractivity contribution in [1.82, 2.24) is 4.90 Å². The summed E-state index contributed by atoms with van der Waals surface area (Å²) in [5, 5.41) is 13.2. The molecule has 1 unspecified atom stereocenters. The van der Waals surface area contributed by atoms with Crippen molar-refractivity contribution in [3.63, 3.8) is 0 Å². The Morgan fingerprint density at radius 2 is 1.53 bits per heavy atom. The van der Waals surface area contributed by atoms with Crippen LogP contribution < -0.4 is 5.32 Å². The number of ketones is 2. The van der Waals surface area contributed by atoms with E-state index in [0.29, 0.717) is 50.9 Å². The Hall–Kier alpha value is -4.50. The zero-order valence-corrected chi connectivity index (χ0v) is 37.1. The van der Waals surface area contributed by atoms with Crippen LogP contribution in [0.4, 0.5) is 14.5 Å². The summed E-state index contributed by atoms with van der Waals surface area (Å²) in [5.74, 6) is -3.22. The number of allylic oxidation sites excluding steroid dienone is 2. The van der Waals surface area contributed by atoms with Gasteiger partial charge in [0, 0.05) is 50.1 Å². The van der Waals surface area contributed by atoms with Gasteiger partial charge in [-0.25, -0.2) is 8.78 Å². The Kier molecular flexibility index (Phi) is 13.3. The molecule has 3 aliphatic heterocycles. The number of imide groups is 1. The molecule has 1 spiro atoms. The van der Waals surface area contributed by atoms with Crippen LogP contribution in [0.1, 0.15) is 44.5 Å². The first kappa shape index (κ1) is 46.6. The number of halogens is 2. The van der Waals surface area contributed by atoms with Crippen LogP contribution in [-0.2, 0) is 57.1 Å². The Balaban J connectivity index is 0.708. The second kappa shape index (κ2) is 18.9. The molecule has 15 nitrogen and oxygen atoms in total. The van der Waals surface area contributed by atoms with Crippen LogP contribution in [0.5, 0.6) is 0 Å². The topological polar surface area (TPSA) is 185 Å². The lowest BCUT2D eigenvalue weighted by Gasteiger charge is -2.71. The normalized spacial score (nSPS) is 33.5. The standard InChI is InChI=1S/C48H52F2N2O13S/c1-45-27-40-47(50)35(25-37(49)36-24-31(54)11-13-46(36,47)64-40)34(45)26-39-48(45,38(55)28-53)65-44(63-39)29-5-7-32(8-6-29)66-33-4-2-3-30(23-33)51-41(56)12-15-59-17-19-61-21-22-62-20-18-60-16-14-52-42(57)9-10-43(52)58/h2-11,13,23-24,34-35,37,39-40,44,53H,12,14-22,25-28H2,1H3,(H,51,56)/t34-,35?,37-,39+,40-,44+,45-,46+,47-,48+/m0/s1. The van der Waals surface area contributed by atoms with Crippen molar-refractivity contribution in [2.75, 3.05) is 71.3 Å². The Morgan fingerprint density at radius 3 is 2.23 bits per heavy atom. The smallest absolute Gasteiger partial charge is 0.253 e. The lowest BCUT2D eigenvalue weighted by molar-refractivity contribution is -0.360. The van der Waals surface area contributed by atoms with Crippen molar-refractivity contribution < 1.29 is 71.0 Å². The van der Waals surface area contributed by atoms with E-state index in [4.69, 9.17) is 33.2 Å². The maximum atomic E-state index is 17.5. The lowest BCUT2D eigenvalue weighted by atomic mass is 9.44. The first-order chi connectivity index (χ1) is 31.8. The summed E-state index contributed by atoms with van der Waals surface area (Å²) in [4.78, 5) is 64.6. The van der Waals surface area contributed by atoms with Gasteiger partial charge in [0.05, 0.1) is 78.0 Å². The summed E-state index contributed by atoms with van der Waals surface area (Å²) in [6, 6.07) is 14.9. The minimum Gasteiger partial charge on any atom is -0.388 e. The maximum Gasteiger partial charge on any atom is 0.253 e. The van der Waals surface area contributed by atoms with Crippen LogP contribution in [0.15, 0.2) is 94.3 Å². The largest absolute Gasteiger partial charge is 0.388 e. The summed E-state index contributed by atoms with van der Waals surface area (Å²) in [7, 11) is 0. The zero-order valence-electron chi connectivity index (χ0n) is 36.3. The number of nitrogens with one attached hydrogen (secondary N) is 1. The van der Waals surface area contributed by atoms with Crippen molar-refractivity contribution >= 4 is 46.7 Å². The van der Waals surface area contributed by atoms with Crippen LogP contribution in [0.3, 0.4) is 0 Å². The van der Waals surface area contributed by atoms with Gasteiger partial charge >= 0.3 is 0 Å². The first-order valence-corrected chi connectivity index (χ1v) is 23.1. The minimum atomic E-state index is -1.98. The Bertz CT molecular complexity index is 2310. The number of Topliss-reactive ketones (excluding diaryl/α,β-unsaturated/α-hetero) is 1. The quantitative estimate of drug-likeness (QED) is 0.131. The van der Waals surface area contributed by atoms with Gasteiger partial charge in [-0.1, -0.05) is 36.9 Å². The summed E-state index contributed by atoms with van der Waals surface area (Å²) in [6.45, 7) is 3.72. The van der Waals surface area contributed by atoms with E-state index in [1.807, 2.05) is 49.4 Å². The van der Waals surface area contributed by atoms with Gasteiger partial charge in [-0.2, -0.15) is 0 Å². The molecule has 2 aromatic carbocycles. The number of ether oxygens (including phenoxy) is 7. The molecule has 0 radical (unpaired) electrons. The molecule has 2 N–H and O–H groups in total. The molecule has 2 aromatic rings. The van der Waals surface area contributed by atoms with Gasteiger partial charge in [-0.3, -0.25) is 28.9 Å². The van der Waals surface area contributed by atoms with E-state index in [9.17, 15) is 29.1 Å². The number of benzene rings is 2. The fourth-order valence-corrected chi connectivity index (χ4v) is 12.1. The van der Waals surface area contributed by atoms with Crippen LogP contribution in [0.2, 0.25) is 0 Å². The highest BCUT2D eigenvalue weighted by Gasteiger charge is 2.85. The number of hydrogen-bond donors (Lipinski definition) is 2. The molecule has 5 fully saturated rings. The summed E-state index contributed by atoms with van der Waals surface area (Å²) >= 11 is 1.48. The van der Waals surface area contributed by atoms with E-state index in [1.54, 1.807) is 6.07 Å².